The first-order valence-corrected chi connectivity index (χ1v) is 11.1. The Morgan fingerprint density at radius 3 is 2.58 bits per heavy atom. The van der Waals surface area contributed by atoms with Gasteiger partial charge in [-0.1, -0.05) is 18.6 Å². The molecule has 2 aliphatic rings. The molecule has 0 saturated carbocycles. The summed E-state index contributed by atoms with van der Waals surface area (Å²) in [5, 5.41) is 9.41. The number of benzene rings is 1. The van der Waals surface area contributed by atoms with Crippen molar-refractivity contribution in [3.63, 3.8) is 0 Å². The fraction of sp³-hybridized carbons (Fsp3) is 0.522. The number of phenols is 1. The number of aromatic nitrogens is 2. The van der Waals surface area contributed by atoms with E-state index in [2.05, 4.69) is 24.8 Å². The van der Waals surface area contributed by atoms with Crippen LogP contribution in [0.25, 0.3) is 0 Å². The van der Waals surface area contributed by atoms with E-state index in [1.54, 1.807) is 18.3 Å². The zero-order valence-corrected chi connectivity index (χ0v) is 17.9. The summed E-state index contributed by atoms with van der Waals surface area (Å²) in [6.45, 7) is 7.27. The minimum atomic E-state index is 0.255. The highest BCUT2D eigenvalue weighted by Gasteiger charge is 2.16. The van der Waals surface area contributed by atoms with Gasteiger partial charge in [0.05, 0.1) is 25.5 Å². The highest BCUT2D eigenvalue weighted by Crippen LogP contribution is 2.18. The SMILES string of the molecule is Oc1ccc(CN=Cc2cc(N3CCOCC3)nc(OCCN3CCCCC3)n2)cc1. The zero-order valence-electron chi connectivity index (χ0n) is 17.9. The average molecular weight is 426 g/mol. The number of hydrogen-bond acceptors (Lipinski definition) is 8. The van der Waals surface area contributed by atoms with Crippen molar-refractivity contribution in [1.82, 2.24) is 14.9 Å². The van der Waals surface area contributed by atoms with Gasteiger partial charge in [-0.15, -0.1) is 0 Å². The predicted molar refractivity (Wildman–Crippen MR) is 120 cm³/mol. The Hall–Kier alpha value is -2.71. The number of rotatable bonds is 8. The summed E-state index contributed by atoms with van der Waals surface area (Å²) >= 11 is 0. The smallest absolute Gasteiger partial charge is 0.319 e. The summed E-state index contributed by atoms with van der Waals surface area (Å²) < 4.78 is 11.4. The molecule has 1 aromatic carbocycles. The number of phenolic OH excluding ortho intramolecular Hbond substituents is 1. The van der Waals surface area contributed by atoms with Gasteiger partial charge in [0, 0.05) is 31.9 Å². The number of likely N-dealkylation sites (tertiary alicyclic amines) is 1. The topological polar surface area (TPSA) is 83.3 Å². The number of piperidine rings is 1. The Morgan fingerprint density at radius 1 is 1.03 bits per heavy atom. The van der Waals surface area contributed by atoms with Crippen molar-refractivity contribution >= 4 is 12.0 Å². The molecule has 0 aliphatic carbocycles. The van der Waals surface area contributed by atoms with Crippen LogP contribution in [0.1, 0.15) is 30.5 Å². The third-order valence-corrected chi connectivity index (χ3v) is 5.57. The van der Waals surface area contributed by atoms with E-state index in [1.807, 2.05) is 18.2 Å². The van der Waals surface area contributed by atoms with Crippen LogP contribution < -0.4 is 9.64 Å². The van der Waals surface area contributed by atoms with E-state index in [1.165, 1.54) is 19.3 Å². The fourth-order valence-electron chi connectivity index (χ4n) is 3.81. The van der Waals surface area contributed by atoms with E-state index in [-0.39, 0.29) is 5.75 Å². The molecule has 1 aromatic heterocycles. The normalized spacial score (nSPS) is 17.9. The molecule has 0 bridgehead atoms. The third kappa shape index (κ3) is 6.63. The van der Waals surface area contributed by atoms with Crippen LogP contribution in [0.2, 0.25) is 0 Å². The number of aromatic hydroxyl groups is 1. The van der Waals surface area contributed by atoms with Crippen LogP contribution in [-0.2, 0) is 11.3 Å². The minimum Gasteiger partial charge on any atom is -0.508 e. The van der Waals surface area contributed by atoms with Gasteiger partial charge >= 0.3 is 6.01 Å². The van der Waals surface area contributed by atoms with Crippen LogP contribution in [0.3, 0.4) is 0 Å². The lowest BCUT2D eigenvalue weighted by molar-refractivity contribution is 0.122. The first-order valence-electron chi connectivity index (χ1n) is 11.1. The Morgan fingerprint density at radius 2 is 1.81 bits per heavy atom. The number of anilines is 1. The van der Waals surface area contributed by atoms with Crippen molar-refractivity contribution in [2.24, 2.45) is 4.99 Å². The summed E-state index contributed by atoms with van der Waals surface area (Å²) in [4.78, 5) is 18.4. The molecule has 0 atom stereocenters. The Kier molecular flexibility index (Phi) is 7.68. The second kappa shape index (κ2) is 11.1. The maximum absolute atomic E-state index is 9.41. The summed E-state index contributed by atoms with van der Waals surface area (Å²) in [5.74, 6) is 1.10. The molecule has 2 aromatic rings. The van der Waals surface area contributed by atoms with Gasteiger partial charge in [0.2, 0.25) is 0 Å². The van der Waals surface area contributed by atoms with E-state index < -0.39 is 0 Å². The fourth-order valence-corrected chi connectivity index (χ4v) is 3.81. The molecule has 8 nitrogen and oxygen atoms in total. The first-order chi connectivity index (χ1) is 15.3. The molecular weight excluding hydrogens is 394 g/mol. The van der Waals surface area contributed by atoms with Crippen LogP contribution >= 0.6 is 0 Å². The maximum Gasteiger partial charge on any atom is 0.319 e. The van der Waals surface area contributed by atoms with Crippen molar-refractivity contribution in [1.29, 1.82) is 0 Å². The molecule has 0 spiro atoms. The second-order valence-electron chi connectivity index (χ2n) is 7.92. The van der Waals surface area contributed by atoms with Gasteiger partial charge in [0.1, 0.15) is 18.2 Å². The Labute approximate surface area is 183 Å². The lowest BCUT2D eigenvalue weighted by Crippen LogP contribution is -2.37. The molecule has 0 radical (unpaired) electrons. The molecule has 166 valence electrons. The Bertz CT molecular complexity index is 847. The molecule has 3 heterocycles. The average Bonchev–Trinajstić information content (AvgIpc) is 2.82. The summed E-state index contributed by atoms with van der Waals surface area (Å²) in [7, 11) is 0. The number of ether oxygens (including phenoxy) is 2. The molecule has 2 fully saturated rings. The summed E-state index contributed by atoms with van der Waals surface area (Å²) in [5.41, 5.74) is 1.75. The second-order valence-corrected chi connectivity index (χ2v) is 7.92. The van der Waals surface area contributed by atoms with Crippen LogP contribution in [0.4, 0.5) is 5.82 Å². The van der Waals surface area contributed by atoms with Gasteiger partial charge in [-0.3, -0.25) is 9.89 Å². The quantitative estimate of drug-likeness (QED) is 0.651. The molecule has 31 heavy (non-hydrogen) atoms. The number of hydrogen-bond donors (Lipinski definition) is 1. The van der Waals surface area contributed by atoms with Crippen molar-refractivity contribution in [3.8, 4) is 11.8 Å². The van der Waals surface area contributed by atoms with Crippen molar-refractivity contribution in [2.75, 3.05) is 57.4 Å². The van der Waals surface area contributed by atoms with Crippen molar-refractivity contribution in [2.45, 2.75) is 25.8 Å². The number of aliphatic imine (C=N–C) groups is 1. The van der Waals surface area contributed by atoms with E-state index >= 15 is 0 Å². The molecule has 2 saturated heterocycles. The number of nitrogens with zero attached hydrogens (tertiary/aromatic N) is 5. The summed E-state index contributed by atoms with van der Waals surface area (Å²) in [6, 6.07) is 9.40. The minimum absolute atomic E-state index is 0.255. The molecule has 0 amide bonds. The van der Waals surface area contributed by atoms with Crippen LogP contribution in [0.5, 0.6) is 11.8 Å². The molecule has 2 aliphatic heterocycles. The molecule has 4 rings (SSSR count). The standard InChI is InChI=1S/C23H31N5O3/c29-21-6-4-19(5-7-21)17-24-18-20-16-22(28-11-13-30-14-12-28)26-23(25-20)31-15-10-27-8-2-1-3-9-27/h4-7,16,18,29H,1-3,8-15,17H2. The van der Waals surface area contributed by atoms with Crippen LogP contribution in [0, 0.1) is 0 Å². The molecular formula is C23H31N5O3. The van der Waals surface area contributed by atoms with E-state index in [4.69, 9.17) is 9.47 Å². The first kappa shape index (κ1) is 21.5. The predicted octanol–water partition coefficient (Wildman–Crippen LogP) is 2.50. The van der Waals surface area contributed by atoms with Gasteiger partial charge in [-0.25, -0.2) is 0 Å². The third-order valence-electron chi connectivity index (χ3n) is 5.57. The zero-order chi connectivity index (χ0) is 21.3. The Balaban J connectivity index is 1.42. The van der Waals surface area contributed by atoms with Crippen molar-refractivity contribution < 1.29 is 14.6 Å². The largest absolute Gasteiger partial charge is 0.508 e. The van der Waals surface area contributed by atoms with Crippen LogP contribution in [-0.4, -0.2) is 78.7 Å². The molecule has 0 unspecified atom stereocenters. The van der Waals surface area contributed by atoms with Gasteiger partial charge in [0.25, 0.3) is 0 Å². The van der Waals surface area contributed by atoms with Crippen LogP contribution in [0.15, 0.2) is 35.3 Å². The maximum atomic E-state index is 9.41. The summed E-state index contributed by atoms with van der Waals surface area (Å²) in [6.07, 6.45) is 5.63. The highest BCUT2D eigenvalue weighted by atomic mass is 16.5. The van der Waals surface area contributed by atoms with Gasteiger partial charge in [-0.2, -0.15) is 9.97 Å². The van der Waals surface area contributed by atoms with Gasteiger partial charge in [0.15, 0.2) is 0 Å². The lowest BCUT2D eigenvalue weighted by atomic mass is 10.1. The molecule has 8 heteroatoms. The molecule has 1 N–H and O–H groups in total. The van der Waals surface area contributed by atoms with E-state index in [0.717, 1.165) is 49.8 Å². The lowest BCUT2D eigenvalue weighted by Gasteiger charge is -2.28. The highest BCUT2D eigenvalue weighted by molar-refractivity contribution is 5.78. The van der Waals surface area contributed by atoms with E-state index in [0.29, 0.717) is 32.4 Å². The van der Waals surface area contributed by atoms with Crippen molar-refractivity contribution in [3.05, 3.63) is 41.6 Å². The van der Waals surface area contributed by atoms with Gasteiger partial charge < -0.3 is 19.5 Å². The number of morpholine rings is 1. The monoisotopic (exact) mass is 425 g/mol. The van der Waals surface area contributed by atoms with Gasteiger partial charge in [-0.05, 0) is 43.6 Å². The van der Waals surface area contributed by atoms with E-state index in [9.17, 15) is 5.11 Å².